The highest BCUT2D eigenvalue weighted by molar-refractivity contribution is 6.31. The van der Waals surface area contributed by atoms with Crippen LogP contribution in [0.25, 0.3) is 10.9 Å². The van der Waals surface area contributed by atoms with Gasteiger partial charge >= 0.3 is 6.18 Å². The van der Waals surface area contributed by atoms with Gasteiger partial charge in [0.25, 0.3) is 0 Å². The van der Waals surface area contributed by atoms with E-state index in [4.69, 9.17) is 11.6 Å². The summed E-state index contributed by atoms with van der Waals surface area (Å²) in [5, 5.41) is 10.4. The fraction of sp³-hybridized carbons (Fsp3) is 0.333. The Bertz CT molecular complexity index is 562. The number of fused-ring (bicyclic) bond motifs is 1. The van der Waals surface area contributed by atoms with Crippen molar-refractivity contribution < 1.29 is 18.3 Å². The van der Waals surface area contributed by atoms with Crippen LogP contribution in [0.1, 0.15) is 12.0 Å². The lowest BCUT2D eigenvalue weighted by atomic mass is 10.2. The molecule has 2 aromatic rings. The minimum absolute atomic E-state index is 0.180. The smallest absolute Gasteiger partial charge is 0.390 e. The number of halogens is 4. The van der Waals surface area contributed by atoms with E-state index in [0.29, 0.717) is 16.1 Å². The summed E-state index contributed by atoms with van der Waals surface area (Å²) in [6, 6.07) is 4.96. The van der Waals surface area contributed by atoms with Gasteiger partial charge in [-0.1, -0.05) is 17.7 Å². The Labute approximate surface area is 107 Å². The third-order valence-corrected chi connectivity index (χ3v) is 2.97. The van der Waals surface area contributed by atoms with E-state index >= 15 is 0 Å². The molecule has 0 unspecified atom stereocenters. The summed E-state index contributed by atoms with van der Waals surface area (Å²) in [6.07, 6.45) is -3.57. The van der Waals surface area contributed by atoms with Crippen LogP contribution in [-0.4, -0.2) is 15.8 Å². The normalized spacial score (nSPS) is 12.3. The molecule has 0 radical (unpaired) electrons. The number of alkyl halides is 3. The van der Waals surface area contributed by atoms with Crippen LogP contribution < -0.4 is 0 Å². The van der Waals surface area contributed by atoms with Gasteiger partial charge in [-0.3, -0.25) is 0 Å². The van der Waals surface area contributed by atoms with Crippen LogP contribution in [0.2, 0.25) is 5.02 Å². The molecular weight excluding hydrogens is 267 g/mol. The van der Waals surface area contributed by atoms with Crippen molar-refractivity contribution in [3.05, 3.63) is 35.0 Å². The monoisotopic (exact) mass is 277 g/mol. The Morgan fingerprint density at radius 1 is 1.28 bits per heavy atom. The zero-order chi connectivity index (χ0) is 13.3. The first-order valence-electron chi connectivity index (χ1n) is 5.35. The van der Waals surface area contributed by atoms with E-state index in [1.165, 1.54) is 10.8 Å². The molecule has 2 rings (SSSR count). The number of benzene rings is 1. The van der Waals surface area contributed by atoms with Crippen molar-refractivity contribution >= 4 is 22.5 Å². The van der Waals surface area contributed by atoms with Crippen LogP contribution in [0.5, 0.6) is 0 Å². The van der Waals surface area contributed by atoms with E-state index in [9.17, 15) is 18.3 Å². The Kier molecular flexibility index (Phi) is 3.54. The van der Waals surface area contributed by atoms with E-state index in [1.54, 1.807) is 18.2 Å². The average molecular weight is 278 g/mol. The Morgan fingerprint density at radius 2 is 2.00 bits per heavy atom. The predicted octanol–water partition coefficient (Wildman–Crippen LogP) is 3.74. The van der Waals surface area contributed by atoms with Gasteiger partial charge in [-0.25, -0.2) is 0 Å². The molecule has 1 aromatic carbocycles. The zero-order valence-electron chi connectivity index (χ0n) is 9.34. The standard InChI is InChI=1S/C12H11ClF3NO/c13-9-1-2-10-8(7-18)6-17(11(10)5-9)4-3-12(14,15)16/h1-2,5-6,18H,3-4,7H2. The predicted molar refractivity (Wildman–Crippen MR) is 63.5 cm³/mol. The number of aromatic nitrogens is 1. The summed E-state index contributed by atoms with van der Waals surface area (Å²) in [5.74, 6) is 0. The molecular formula is C12H11ClF3NO. The second-order valence-corrected chi connectivity index (χ2v) is 4.47. The second-order valence-electron chi connectivity index (χ2n) is 4.03. The van der Waals surface area contributed by atoms with Crippen molar-refractivity contribution in [1.29, 1.82) is 0 Å². The fourth-order valence-corrected chi connectivity index (χ4v) is 2.07. The molecule has 0 saturated heterocycles. The van der Waals surface area contributed by atoms with E-state index in [-0.39, 0.29) is 13.2 Å². The largest absolute Gasteiger partial charge is 0.392 e. The number of nitrogens with zero attached hydrogens (tertiary/aromatic N) is 1. The minimum Gasteiger partial charge on any atom is -0.392 e. The number of hydrogen-bond donors (Lipinski definition) is 1. The van der Waals surface area contributed by atoms with Gasteiger partial charge in [-0.15, -0.1) is 0 Å². The fourth-order valence-electron chi connectivity index (χ4n) is 1.90. The lowest BCUT2D eigenvalue weighted by Crippen LogP contribution is -2.11. The highest BCUT2D eigenvalue weighted by Gasteiger charge is 2.27. The quantitative estimate of drug-likeness (QED) is 0.908. The lowest BCUT2D eigenvalue weighted by molar-refractivity contribution is -0.136. The summed E-state index contributed by atoms with van der Waals surface area (Å²) >= 11 is 5.84. The van der Waals surface area contributed by atoms with Crippen LogP contribution in [-0.2, 0) is 13.2 Å². The van der Waals surface area contributed by atoms with Gasteiger partial charge in [-0.2, -0.15) is 13.2 Å². The van der Waals surface area contributed by atoms with Crippen LogP contribution in [0, 0.1) is 0 Å². The third kappa shape index (κ3) is 2.79. The van der Waals surface area contributed by atoms with E-state index in [1.807, 2.05) is 0 Å². The van der Waals surface area contributed by atoms with Crippen molar-refractivity contribution in [2.45, 2.75) is 25.7 Å². The number of rotatable bonds is 3. The van der Waals surface area contributed by atoms with Gasteiger partial charge < -0.3 is 9.67 Å². The molecule has 2 nitrogen and oxygen atoms in total. The SMILES string of the molecule is OCc1cn(CCC(F)(F)F)c2cc(Cl)ccc12. The molecule has 0 aliphatic rings. The first-order valence-corrected chi connectivity index (χ1v) is 5.73. The van der Waals surface area contributed by atoms with Gasteiger partial charge in [0, 0.05) is 34.2 Å². The maximum absolute atomic E-state index is 12.2. The molecule has 0 atom stereocenters. The molecule has 0 spiro atoms. The topological polar surface area (TPSA) is 25.2 Å². The summed E-state index contributed by atoms with van der Waals surface area (Å²) in [6.45, 7) is -0.391. The molecule has 18 heavy (non-hydrogen) atoms. The molecule has 6 heteroatoms. The first-order chi connectivity index (χ1) is 8.40. The van der Waals surface area contributed by atoms with E-state index < -0.39 is 12.6 Å². The Morgan fingerprint density at radius 3 is 2.61 bits per heavy atom. The van der Waals surface area contributed by atoms with Gasteiger partial charge in [0.15, 0.2) is 0 Å². The van der Waals surface area contributed by atoms with Crippen LogP contribution >= 0.6 is 11.6 Å². The second kappa shape index (κ2) is 4.82. The molecule has 0 bridgehead atoms. The van der Waals surface area contributed by atoms with Crippen LogP contribution in [0.3, 0.4) is 0 Å². The number of aliphatic hydroxyl groups is 1. The molecule has 1 N–H and O–H groups in total. The highest BCUT2D eigenvalue weighted by Crippen LogP contribution is 2.27. The Balaban J connectivity index is 2.40. The van der Waals surface area contributed by atoms with Gasteiger partial charge in [0.2, 0.25) is 0 Å². The molecule has 0 saturated carbocycles. The van der Waals surface area contributed by atoms with Gasteiger partial charge in [0.1, 0.15) is 0 Å². The maximum Gasteiger partial charge on any atom is 0.390 e. The summed E-state index contributed by atoms with van der Waals surface area (Å²) in [5.41, 5.74) is 1.21. The molecule has 1 heterocycles. The summed E-state index contributed by atoms with van der Waals surface area (Å²) < 4.78 is 38.1. The highest BCUT2D eigenvalue weighted by atomic mass is 35.5. The van der Waals surface area contributed by atoms with Crippen molar-refractivity contribution in [2.75, 3.05) is 0 Å². The van der Waals surface area contributed by atoms with Gasteiger partial charge in [0.05, 0.1) is 13.0 Å². The van der Waals surface area contributed by atoms with Crippen molar-refractivity contribution in [3.8, 4) is 0 Å². The first kappa shape index (κ1) is 13.2. The molecule has 0 amide bonds. The van der Waals surface area contributed by atoms with Crippen LogP contribution in [0.15, 0.2) is 24.4 Å². The molecule has 1 aromatic heterocycles. The van der Waals surface area contributed by atoms with Crippen molar-refractivity contribution in [2.24, 2.45) is 0 Å². The number of aryl methyl sites for hydroxylation is 1. The molecule has 0 fully saturated rings. The summed E-state index contributed by atoms with van der Waals surface area (Å²) in [7, 11) is 0. The molecule has 98 valence electrons. The van der Waals surface area contributed by atoms with E-state index in [2.05, 4.69) is 0 Å². The number of hydrogen-bond acceptors (Lipinski definition) is 1. The van der Waals surface area contributed by atoms with Crippen molar-refractivity contribution in [1.82, 2.24) is 4.57 Å². The maximum atomic E-state index is 12.2. The lowest BCUT2D eigenvalue weighted by Gasteiger charge is -2.08. The van der Waals surface area contributed by atoms with Crippen molar-refractivity contribution in [3.63, 3.8) is 0 Å². The van der Waals surface area contributed by atoms with Gasteiger partial charge in [-0.05, 0) is 12.1 Å². The number of aliphatic hydroxyl groups excluding tert-OH is 1. The minimum atomic E-state index is -4.20. The van der Waals surface area contributed by atoms with Crippen LogP contribution in [0.4, 0.5) is 13.2 Å². The average Bonchev–Trinajstić information content (AvgIpc) is 2.63. The molecule has 0 aliphatic heterocycles. The third-order valence-electron chi connectivity index (χ3n) is 2.73. The zero-order valence-corrected chi connectivity index (χ0v) is 10.1. The molecule has 0 aliphatic carbocycles. The Hall–Kier alpha value is -1.20. The summed E-state index contributed by atoms with van der Waals surface area (Å²) in [4.78, 5) is 0. The van der Waals surface area contributed by atoms with E-state index in [0.717, 1.165) is 5.39 Å².